The summed E-state index contributed by atoms with van der Waals surface area (Å²) in [4.78, 5) is 6.99. The van der Waals surface area contributed by atoms with Crippen LogP contribution in [0, 0.1) is 0 Å². The number of hydrogen-bond acceptors (Lipinski definition) is 3. The van der Waals surface area contributed by atoms with Crippen molar-refractivity contribution in [2.45, 2.75) is 6.61 Å². The number of aromatic nitrogens is 2. The van der Waals surface area contributed by atoms with Crippen LogP contribution in [0.4, 0.5) is 5.95 Å². The second kappa shape index (κ2) is 3.01. The van der Waals surface area contributed by atoms with Crippen molar-refractivity contribution in [3.63, 3.8) is 0 Å². The molecule has 0 atom stereocenters. The number of H-pyrrole nitrogens is 1. The average Bonchev–Trinajstić information content (AvgIpc) is 2.47. The molecule has 0 bridgehead atoms. The fraction of sp³-hybridized carbons (Fsp3) is 0.125. The topological polar surface area (TPSA) is 74.9 Å². The van der Waals surface area contributed by atoms with Crippen LogP contribution in [0.3, 0.4) is 0 Å². The monoisotopic (exact) mass is 241 g/mol. The van der Waals surface area contributed by atoms with Crippen molar-refractivity contribution in [2.24, 2.45) is 0 Å². The third kappa shape index (κ3) is 1.30. The highest BCUT2D eigenvalue weighted by Gasteiger charge is 2.07. The number of nitrogens with two attached hydrogens (primary N) is 1. The Morgan fingerprint density at radius 2 is 2.31 bits per heavy atom. The minimum absolute atomic E-state index is 0.0106. The van der Waals surface area contributed by atoms with Crippen LogP contribution in [-0.2, 0) is 6.61 Å². The lowest BCUT2D eigenvalue weighted by molar-refractivity contribution is 0.281. The van der Waals surface area contributed by atoms with E-state index in [0.29, 0.717) is 5.95 Å². The lowest BCUT2D eigenvalue weighted by atomic mass is 10.2. The maximum atomic E-state index is 8.99. The Morgan fingerprint density at radius 1 is 1.54 bits per heavy atom. The highest BCUT2D eigenvalue weighted by molar-refractivity contribution is 9.10. The largest absolute Gasteiger partial charge is 0.392 e. The summed E-state index contributed by atoms with van der Waals surface area (Å²) in [5.74, 6) is 0.380. The Balaban J connectivity index is 2.78. The summed E-state index contributed by atoms with van der Waals surface area (Å²) in [5, 5.41) is 8.99. The Bertz CT molecular complexity index is 452. The molecule has 4 N–H and O–H groups in total. The number of hydrogen-bond donors (Lipinski definition) is 3. The number of benzene rings is 1. The quantitative estimate of drug-likeness (QED) is 0.707. The fourth-order valence-corrected chi connectivity index (χ4v) is 1.78. The van der Waals surface area contributed by atoms with Gasteiger partial charge in [-0.15, -0.1) is 0 Å². The Labute approximate surface area is 82.9 Å². The SMILES string of the molecule is Nc1nc2c(Br)c(CO)ccc2[nH]1. The molecule has 0 aliphatic rings. The summed E-state index contributed by atoms with van der Waals surface area (Å²) < 4.78 is 0.792. The number of fused-ring (bicyclic) bond motifs is 1. The highest BCUT2D eigenvalue weighted by atomic mass is 79.9. The molecule has 68 valence electrons. The molecule has 0 amide bonds. The third-order valence-electron chi connectivity index (χ3n) is 1.86. The molecule has 1 heterocycles. The van der Waals surface area contributed by atoms with E-state index in [2.05, 4.69) is 25.9 Å². The number of nitrogens with one attached hydrogen (secondary N) is 1. The number of aliphatic hydroxyl groups excluding tert-OH is 1. The van der Waals surface area contributed by atoms with Crippen molar-refractivity contribution in [3.8, 4) is 0 Å². The average molecular weight is 242 g/mol. The lowest BCUT2D eigenvalue weighted by Gasteiger charge is -1.99. The number of halogens is 1. The summed E-state index contributed by atoms with van der Waals surface area (Å²) in [5.41, 5.74) is 7.92. The van der Waals surface area contributed by atoms with Gasteiger partial charge in [-0.3, -0.25) is 0 Å². The van der Waals surface area contributed by atoms with Gasteiger partial charge in [0.15, 0.2) is 5.95 Å². The molecule has 4 nitrogen and oxygen atoms in total. The van der Waals surface area contributed by atoms with Gasteiger partial charge in [-0.2, -0.15) is 0 Å². The van der Waals surface area contributed by atoms with E-state index in [-0.39, 0.29) is 6.61 Å². The molecule has 2 rings (SSSR count). The van der Waals surface area contributed by atoms with Crippen molar-refractivity contribution in [1.29, 1.82) is 0 Å². The van der Waals surface area contributed by atoms with E-state index in [1.54, 1.807) is 0 Å². The molecule has 0 radical (unpaired) electrons. The van der Waals surface area contributed by atoms with E-state index < -0.39 is 0 Å². The number of nitrogens with zero attached hydrogens (tertiary/aromatic N) is 1. The van der Waals surface area contributed by atoms with Crippen LogP contribution in [0.2, 0.25) is 0 Å². The van der Waals surface area contributed by atoms with Crippen molar-refractivity contribution in [2.75, 3.05) is 5.73 Å². The number of imidazole rings is 1. The number of nitrogen functional groups attached to an aromatic ring is 1. The van der Waals surface area contributed by atoms with E-state index >= 15 is 0 Å². The van der Waals surface area contributed by atoms with Crippen LogP contribution >= 0.6 is 15.9 Å². The van der Waals surface area contributed by atoms with E-state index in [1.807, 2.05) is 12.1 Å². The van der Waals surface area contributed by atoms with Crippen LogP contribution in [0.1, 0.15) is 5.56 Å². The summed E-state index contributed by atoms with van der Waals surface area (Å²) in [6, 6.07) is 3.67. The zero-order valence-corrected chi connectivity index (χ0v) is 8.30. The molecule has 13 heavy (non-hydrogen) atoms. The normalized spacial score (nSPS) is 10.9. The smallest absolute Gasteiger partial charge is 0.198 e. The predicted molar refractivity (Wildman–Crippen MR) is 54.1 cm³/mol. The first-order valence-electron chi connectivity index (χ1n) is 3.76. The second-order valence-corrected chi connectivity index (χ2v) is 3.51. The predicted octanol–water partition coefficient (Wildman–Crippen LogP) is 1.40. The molecule has 2 aromatic rings. The molecule has 0 aliphatic heterocycles. The molecule has 5 heteroatoms. The second-order valence-electron chi connectivity index (χ2n) is 2.71. The number of anilines is 1. The number of rotatable bonds is 1. The van der Waals surface area contributed by atoms with Gasteiger partial charge in [-0.1, -0.05) is 6.07 Å². The fourth-order valence-electron chi connectivity index (χ4n) is 1.23. The summed E-state index contributed by atoms with van der Waals surface area (Å²) >= 11 is 3.36. The molecular formula is C8H8BrN3O. The molecular weight excluding hydrogens is 234 g/mol. The number of aromatic amines is 1. The van der Waals surface area contributed by atoms with Gasteiger partial charge < -0.3 is 15.8 Å². The molecule has 0 aliphatic carbocycles. The van der Waals surface area contributed by atoms with Crippen LogP contribution in [0.15, 0.2) is 16.6 Å². The van der Waals surface area contributed by atoms with Crippen molar-refractivity contribution in [1.82, 2.24) is 9.97 Å². The van der Waals surface area contributed by atoms with E-state index in [0.717, 1.165) is 21.1 Å². The molecule has 0 saturated carbocycles. The van der Waals surface area contributed by atoms with Crippen LogP contribution in [0.5, 0.6) is 0 Å². The zero-order valence-electron chi connectivity index (χ0n) is 6.71. The van der Waals surface area contributed by atoms with Gasteiger partial charge in [-0.05, 0) is 27.6 Å². The first-order valence-corrected chi connectivity index (χ1v) is 4.55. The van der Waals surface area contributed by atoms with Crippen LogP contribution in [0.25, 0.3) is 11.0 Å². The maximum Gasteiger partial charge on any atom is 0.198 e. The molecule has 0 saturated heterocycles. The molecule has 0 spiro atoms. The molecule has 0 unspecified atom stereocenters. The van der Waals surface area contributed by atoms with Crippen LogP contribution in [-0.4, -0.2) is 15.1 Å². The molecule has 0 fully saturated rings. The summed E-state index contributed by atoms with van der Waals surface area (Å²) in [7, 11) is 0. The Hall–Kier alpha value is -1.07. The van der Waals surface area contributed by atoms with E-state index in [1.165, 1.54) is 0 Å². The standard InChI is InChI=1S/C8H8BrN3O/c9-6-4(3-13)1-2-5-7(6)12-8(10)11-5/h1-2,13H,3H2,(H3,10,11,12). The van der Waals surface area contributed by atoms with Gasteiger partial charge in [0.05, 0.1) is 16.6 Å². The van der Waals surface area contributed by atoms with Gasteiger partial charge in [0.25, 0.3) is 0 Å². The molecule has 1 aromatic heterocycles. The van der Waals surface area contributed by atoms with Gasteiger partial charge in [0.2, 0.25) is 0 Å². The summed E-state index contributed by atoms with van der Waals surface area (Å²) in [6.45, 7) is -0.0106. The van der Waals surface area contributed by atoms with E-state index in [4.69, 9.17) is 10.8 Å². The maximum absolute atomic E-state index is 8.99. The first-order chi connectivity index (χ1) is 6.22. The van der Waals surface area contributed by atoms with Gasteiger partial charge >= 0.3 is 0 Å². The zero-order chi connectivity index (χ0) is 9.42. The highest BCUT2D eigenvalue weighted by Crippen LogP contribution is 2.26. The Morgan fingerprint density at radius 3 is 3.00 bits per heavy atom. The number of aliphatic hydroxyl groups is 1. The van der Waals surface area contributed by atoms with E-state index in [9.17, 15) is 0 Å². The Kier molecular flexibility index (Phi) is 1.97. The minimum atomic E-state index is -0.0106. The van der Waals surface area contributed by atoms with Gasteiger partial charge in [-0.25, -0.2) is 4.98 Å². The van der Waals surface area contributed by atoms with Crippen LogP contribution < -0.4 is 5.73 Å². The lowest BCUT2D eigenvalue weighted by Crippen LogP contribution is -1.86. The summed E-state index contributed by atoms with van der Waals surface area (Å²) in [6.07, 6.45) is 0. The first kappa shape index (κ1) is 8.52. The van der Waals surface area contributed by atoms with Crippen molar-refractivity contribution in [3.05, 3.63) is 22.2 Å². The third-order valence-corrected chi connectivity index (χ3v) is 2.75. The van der Waals surface area contributed by atoms with Crippen molar-refractivity contribution < 1.29 is 5.11 Å². The van der Waals surface area contributed by atoms with Gasteiger partial charge in [0, 0.05) is 0 Å². The molecule has 1 aromatic carbocycles. The van der Waals surface area contributed by atoms with Gasteiger partial charge in [0.1, 0.15) is 5.52 Å². The van der Waals surface area contributed by atoms with Crippen molar-refractivity contribution >= 4 is 32.9 Å². The minimum Gasteiger partial charge on any atom is -0.392 e.